The Balaban J connectivity index is 1.36. The summed E-state index contributed by atoms with van der Waals surface area (Å²) in [5.74, 6) is 1.91. The predicted octanol–water partition coefficient (Wildman–Crippen LogP) is 2.77. The number of hydrogen-bond donors (Lipinski definition) is 1. The fourth-order valence-electron chi connectivity index (χ4n) is 3.84. The molecule has 0 bridgehead atoms. The van der Waals surface area contributed by atoms with Crippen molar-refractivity contribution in [1.82, 2.24) is 14.9 Å². The van der Waals surface area contributed by atoms with Gasteiger partial charge in [-0.3, -0.25) is 4.90 Å². The molecule has 1 N–H and O–H groups in total. The van der Waals surface area contributed by atoms with E-state index in [1.807, 2.05) is 19.4 Å². The van der Waals surface area contributed by atoms with Crippen molar-refractivity contribution in [3.63, 3.8) is 0 Å². The van der Waals surface area contributed by atoms with E-state index in [0.717, 1.165) is 68.1 Å². The first kappa shape index (κ1) is 19.4. The molecule has 2 aliphatic rings. The quantitative estimate of drug-likeness (QED) is 0.796. The van der Waals surface area contributed by atoms with Crippen LogP contribution < -0.4 is 15.0 Å². The van der Waals surface area contributed by atoms with Crippen molar-refractivity contribution in [1.29, 1.82) is 0 Å². The standard InChI is InChI=1S/C20H29N5O2S/c1-14-8-19(24-4-6-26-7-5-24)22-11-18(14)27-16-9-15(2)25(12-16)13-17-10-23-20(21-3)28-17/h8,10-11,15-16H,4-7,9,12-13H2,1-3H3,(H,21,23). The molecular weight excluding hydrogens is 374 g/mol. The Morgan fingerprint density at radius 3 is 2.82 bits per heavy atom. The molecule has 0 aromatic carbocycles. The fourth-order valence-corrected chi connectivity index (χ4v) is 4.64. The topological polar surface area (TPSA) is 62.8 Å². The Hall–Kier alpha value is -1.90. The Bertz CT molecular complexity index is 793. The molecule has 0 spiro atoms. The first-order chi connectivity index (χ1) is 13.6. The van der Waals surface area contributed by atoms with Crippen LogP contribution in [0.1, 0.15) is 23.8 Å². The average Bonchev–Trinajstić information content (AvgIpc) is 3.30. The molecule has 2 fully saturated rings. The zero-order valence-electron chi connectivity index (χ0n) is 16.9. The Morgan fingerprint density at radius 1 is 1.29 bits per heavy atom. The van der Waals surface area contributed by atoms with E-state index < -0.39 is 0 Å². The number of pyridine rings is 1. The number of likely N-dealkylation sites (tertiary alicyclic amines) is 1. The second kappa shape index (κ2) is 8.63. The summed E-state index contributed by atoms with van der Waals surface area (Å²) in [7, 11) is 1.91. The highest BCUT2D eigenvalue weighted by Gasteiger charge is 2.31. The summed E-state index contributed by atoms with van der Waals surface area (Å²) >= 11 is 1.72. The van der Waals surface area contributed by atoms with E-state index in [4.69, 9.17) is 9.47 Å². The summed E-state index contributed by atoms with van der Waals surface area (Å²) in [6.45, 7) is 9.56. The van der Waals surface area contributed by atoms with Gasteiger partial charge >= 0.3 is 0 Å². The van der Waals surface area contributed by atoms with Crippen LogP contribution in [0.25, 0.3) is 0 Å². The number of thiazole rings is 1. The molecule has 2 atom stereocenters. The first-order valence-corrected chi connectivity index (χ1v) is 10.8. The molecule has 7 nitrogen and oxygen atoms in total. The number of anilines is 2. The Labute approximate surface area is 170 Å². The van der Waals surface area contributed by atoms with Gasteiger partial charge in [-0.05, 0) is 25.5 Å². The Kier molecular flexibility index (Phi) is 5.99. The average molecular weight is 404 g/mol. The number of morpholine rings is 1. The lowest BCUT2D eigenvalue weighted by atomic mass is 10.2. The molecule has 4 heterocycles. The van der Waals surface area contributed by atoms with Gasteiger partial charge in [-0.1, -0.05) is 0 Å². The summed E-state index contributed by atoms with van der Waals surface area (Å²) in [6, 6.07) is 2.62. The molecule has 0 radical (unpaired) electrons. The SMILES string of the molecule is CNc1ncc(CN2CC(Oc3cnc(N4CCOCC4)cc3C)CC2C)s1. The summed E-state index contributed by atoms with van der Waals surface area (Å²) in [5.41, 5.74) is 1.14. The third-order valence-corrected chi connectivity index (χ3v) is 6.47. The lowest BCUT2D eigenvalue weighted by Gasteiger charge is -2.28. The minimum atomic E-state index is 0.196. The number of aromatic nitrogens is 2. The van der Waals surface area contributed by atoms with Crippen LogP contribution in [-0.4, -0.2) is 66.9 Å². The number of rotatable bonds is 6. The largest absolute Gasteiger partial charge is 0.487 e. The van der Waals surface area contributed by atoms with Crippen molar-refractivity contribution in [3.05, 3.63) is 28.9 Å². The van der Waals surface area contributed by atoms with E-state index in [1.165, 1.54) is 4.88 Å². The summed E-state index contributed by atoms with van der Waals surface area (Å²) in [5, 5.41) is 4.08. The van der Waals surface area contributed by atoms with E-state index in [2.05, 4.69) is 45.0 Å². The smallest absolute Gasteiger partial charge is 0.182 e. The molecule has 4 rings (SSSR count). The highest BCUT2D eigenvalue weighted by atomic mass is 32.1. The maximum absolute atomic E-state index is 6.34. The van der Waals surface area contributed by atoms with Gasteiger partial charge in [-0.15, -0.1) is 11.3 Å². The third kappa shape index (κ3) is 4.39. The lowest BCUT2D eigenvalue weighted by Crippen LogP contribution is -2.36. The summed E-state index contributed by atoms with van der Waals surface area (Å²) in [6.07, 6.45) is 5.08. The van der Waals surface area contributed by atoms with Crippen molar-refractivity contribution >= 4 is 22.3 Å². The molecule has 2 aliphatic heterocycles. The van der Waals surface area contributed by atoms with Gasteiger partial charge in [0.1, 0.15) is 17.7 Å². The van der Waals surface area contributed by atoms with Crippen molar-refractivity contribution in [3.8, 4) is 5.75 Å². The number of nitrogens with zero attached hydrogens (tertiary/aromatic N) is 4. The molecule has 28 heavy (non-hydrogen) atoms. The summed E-state index contributed by atoms with van der Waals surface area (Å²) < 4.78 is 11.8. The monoisotopic (exact) mass is 403 g/mol. The van der Waals surface area contributed by atoms with Gasteiger partial charge in [0, 0.05) is 56.8 Å². The van der Waals surface area contributed by atoms with Crippen LogP contribution in [0.3, 0.4) is 0 Å². The second-order valence-corrected chi connectivity index (χ2v) is 8.66. The van der Waals surface area contributed by atoms with Crippen molar-refractivity contribution in [2.75, 3.05) is 50.1 Å². The zero-order chi connectivity index (χ0) is 19.5. The van der Waals surface area contributed by atoms with Crippen molar-refractivity contribution < 1.29 is 9.47 Å². The molecule has 2 aromatic heterocycles. The molecule has 0 saturated carbocycles. The van der Waals surface area contributed by atoms with E-state index in [0.29, 0.717) is 6.04 Å². The van der Waals surface area contributed by atoms with E-state index in [9.17, 15) is 0 Å². The van der Waals surface area contributed by atoms with Crippen LogP contribution in [-0.2, 0) is 11.3 Å². The number of nitrogens with one attached hydrogen (secondary N) is 1. The van der Waals surface area contributed by atoms with Gasteiger partial charge in [0.05, 0.1) is 19.4 Å². The van der Waals surface area contributed by atoms with Crippen LogP contribution in [0.15, 0.2) is 18.5 Å². The van der Waals surface area contributed by atoms with Crippen LogP contribution in [0.4, 0.5) is 10.9 Å². The van der Waals surface area contributed by atoms with E-state index >= 15 is 0 Å². The van der Waals surface area contributed by atoms with Crippen LogP contribution in [0.2, 0.25) is 0 Å². The maximum Gasteiger partial charge on any atom is 0.182 e. The lowest BCUT2D eigenvalue weighted by molar-refractivity contribution is 0.122. The minimum absolute atomic E-state index is 0.196. The maximum atomic E-state index is 6.34. The van der Waals surface area contributed by atoms with Gasteiger partial charge in [-0.2, -0.15) is 0 Å². The third-order valence-electron chi connectivity index (χ3n) is 5.47. The minimum Gasteiger partial charge on any atom is -0.487 e. The summed E-state index contributed by atoms with van der Waals surface area (Å²) in [4.78, 5) is 15.0. The highest BCUT2D eigenvalue weighted by molar-refractivity contribution is 7.15. The van der Waals surface area contributed by atoms with Crippen molar-refractivity contribution in [2.24, 2.45) is 0 Å². The van der Waals surface area contributed by atoms with Gasteiger partial charge in [-0.25, -0.2) is 9.97 Å². The highest BCUT2D eigenvalue weighted by Crippen LogP contribution is 2.29. The van der Waals surface area contributed by atoms with Gasteiger partial charge in [0.25, 0.3) is 0 Å². The number of hydrogen-bond acceptors (Lipinski definition) is 8. The van der Waals surface area contributed by atoms with Crippen LogP contribution >= 0.6 is 11.3 Å². The first-order valence-electron chi connectivity index (χ1n) is 9.95. The molecule has 0 aliphatic carbocycles. The van der Waals surface area contributed by atoms with Crippen LogP contribution in [0.5, 0.6) is 5.75 Å². The van der Waals surface area contributed by atoms with Gasteiger partial charge in [0.15, 0.2) is 5.13 Å². The van der Waals surface area contributed by atoms with E-state index in [-0.39, 0.29) is 6.10 Å². The van der Waals surface area contributed by atoms with E-state index in [1.54, 1.807) is 11.3 Å². The molecule has 2 unspecified atom stereocenters. The molecule has 8 heteroatoms. The Morgan fingerprint density at radius 2 is 2.11 bits per heavy atom. The van der Waals surface area contributed by atoms with Crippen LogP contribution in [0, 0.1) is 6.92 Å². The zero-order valence-corrected chi connectivity index (χ0v) is 17.7. The molecule has 152 valence electrons. The molecular formula is C20H29N5O2S. The van der Waals surface area contributed by atoms with Gasteiger partial charge < -0.3 is 19.7 Å². The molecule has 2 saturated heterocycles. The van der Waals surface area contributed by atoms with Crippen molar-refractivity contribution in [2.45, 2.75) is 39.0 Å². The second-order valence-electron chi connectivity index (χ2n) is 7.54. The fraction of sp³-hybridized carbons (Fsp3) is 0.600. The van der Waals surface area contributed by atoms with Gasteiger partial charge in [0.2, 0.25) is 0 Å². The molecule has 0 amide bonds. The number of ether oxygens (including phenoxy) is 2. The predicted molar refractivity (Wildman–Crippen MR) is 113 cm³/mol. The molecule has 2 aromatic rings. The number of aryl methyl sites for hydroxylation is 1. The normalized spacial score (nSPS) is 23.2.